The van der Waals surface area contributed by atoms with Gasteiger partial charge in [-0.2, -0.15) is 5.26 Å². The van der Waals surface area contributed by atoms with Gasteiger partial charge in [0.25, 0.3) is 0 Å². The van der Waals surface area contributed by atoms with Crippen LogP contribution in [-0.4, -0.2) is 0 Å². The van der Waals surface area contributed by atoms with Crippen LogP contribution in [0.2, 0.25) is 0 Å². The molecule has 0 aliphatic carbocycles. The fraction of sp³-hybridized carbons (Fsp3) is 0.235. The van der Waals surface area contributed by atoms with Crippen molar-refractivity contribution in [3.63, 3.8) is 0 Å². The Bertz CT molecular complexity index is 669. The van der Waals surface area contributed by atoms with E-state index in [9.17, 15) is 4.39 Å². The number of hydrogen-bond acceptors (Lipinski definition) is 2. The highest BCUT2D eigenvalue weighted by Crippen LogP contribution is 2.31. The number of para-hydroxylation sites is 1. The number of rotatable bonds is 3. The van der Waals surface area contributed by atoms with Gasteiger partial charge in [0.15, 0.2) is 0 Å². The smallest absolute Gasteiger partial charge is 0.143 e. The van der Waals surface area contributed by atoms with Gasteiger partial charge in [0.1, 0.15) is 17.4 Å². The number of nitriles is 1. The minimum absolute atomic E-state index is 0.0467. The third kappa shape index (κ3) is 2.65. The quantitative estimate of drug-likeness (QED) is 0.861. The molecule has 0 bridgehead atoms. The van der Waals surface area contributed by atoms with Crippen molar-refractivity contribution in [1.82, 2.24) is 0 Å². The number of benzene rings is 2. The van der Waals surface area contributed by atoms with Gasteiger partial charge in [-0.3, -0.25) is 0 Å². The van der Waals surface area contributed by atoms with Gasteiger partial charge in [0.2, 0.25) is 0 Å². The molecule has 0 aliphatic rings. The minimum Gasteiger partial charge on any atom is -0.354 e. The maximum Gasteiger partial charge on any atom is 0.143 e. The molecule has 0 unspecified atom stereocenters. The number of aryl methyl sites for hydroxylation is 1. The molecule has 0 heterocycles. The van der Waals surface area contributed by atoms with Crippen LogP contribution in [0.25, 0.3) is 0 Å². The number of nitrogens with one attached hydrogen (secondary N) is 1. The molecule has 2 aromatic rings. The maximum absolute atomic E-state index is 13.7. The first-order valence-electron chi connectivity index (χ1n) is 6.59. The molecule has 0 amide bonds. The lowest BCUT2D eigenvalue weighted by molar-refractivity contribution is 0.624. The highest BCUT2D eigenvalue weighted by Gasteiger charge is 2.13. The molecule has 0 aliphatic heterocycles. The summed E-state index contributed by atoms with van der Waals surface area (Å²) in [5, 5.41) is 12.3. The number of nitrogens with zero attached hydrogens (tertiary/aromatic N) is 1. The Morgan fingerprint density at radius 1 is 1.15 bits per heavy atom. The minimum atomic E-state index is -0.503. The van der Waals surface area contributed by atoms with Gasteiger partial charge in [-0.15, -0.1) is 0 Å². The molecule has 0 saturated heterocycles. The zero-order valence-corrected chi connectivity index (χ0v) is 11.9. The molecule has 3 heteroatoms. The summed E-state index contributed by atoms with van der Waals surface area (Å²) in [5.74, 6) is -0.159. The van der Waals surface area contributed by atoms with Crippen LogP contribution in [0.15, 0.2) is 36.4 Å². The monoisotopic (exact) mass is 268 g/mol. The largest absolute Gasteiger partial charge is 0.354 e. The second-order valence-electron chi connectivity index (χ2n) is 5.09. The number of anilines is 2. The summed E-state index contributed by atoms with van der Waals surface area (Å²) in [5.41, 5.74) is 3.72. The summed E-state index contributed by atoms with van der Waals surface area (Å²) in [4.78, 5) is 0. The lowest BCUT2D eigenvalue weighted by Crippen LogP contribution is -2.02. The van der Waals surface area contributed by atoms with Crippen LogP contribution in [0, 0.1) is 24.1 Å². The standard InChI is InChI=1S/C17H17FN2/c1-11(2)13-7-4-6-12(3)17(13)20-16-9-5-8-15(18)14(16)10-19/h4-9,11,20H,1-3H3. The second kappa shape index (κ2) is 5.75. The van der Waals surface area contributed by atoms with Crippen molar-refractivity contribution < 1.29 is 4.39 Å². The summed E-state index contributed by atoms with van der Waals surface area (Å²) in [7, 11) is 0. The molecule has 0 saturated carbocycles. The number of halogens is 1. The van der Waals surface area contributed by atoms with Crippen LogP contribution in [0.1, 0.15) is 36.5 Å². The van der Waals surface area contributed by atoms with Crippen LogP contribution in [0.4, 0.5) is 15.8 Å². The molecule has 0 atom stereocenters. The Labute approximate surface area is 118 Å². The SMILES string of the molecule is Cc1cccc(C(C)C)c1Nc1cccc(F)c1C#N. The van der Waals surface area contributed by atoms with Crippen molar-refractivity contribution in [2.45, 2.75) is 26.7 Å². The van der Waals surface area contributed by atoms with Crippen molar-refractivity contribution >= 4 is 11.4 Å². The average Bonchev–Trinajstić information content (AvgIpc) is 2.41. The van der Waals surface area contributed by atoms with Gasteiger partial charge >= 0.3 is 0 Å². The first kappa shape index (κ1) is 14.1. The summed E-state index contributed by atoms with van der Waals surface area (Å²) >= 11 is 0. The predicted octanol–water partition coefficient (Wildman–Crippen LogP) is 4.87. The zero-order chi connectivity index (χ0) is 14.7. The van der Waals surface area contributed by atoms with E-state index < -0.39 is 5.82 Å². The van der Waals surface area contributed by atoms with Crippen LogP contribution in [0.3, 0.4) is 0 Å². The number of hydrogen-bond donors (Lipinski definition) is 1. The Morgan fingerprint density at radius 2 is 1.85 bits per heavy atom. The Balaban J connectivity index is 2.51. The third-order valence-electron chi connectivity index (χ3n) is 3.31. The van der Waals surface area contributed by atoms with E-state index in [1.54, 1.807) is 12.1 Å². The van der Waals surface area contributed by atoms with E-state index in [4.69, 9.17) is 5.26 Å². The van der Waals surface area contributed by atoms with E-state index >= 15 is 0 Å². The Kier molecular flexibility index (Phi) is 4.05. The molecule has 0 spiro atoms. The van der Waals surface area contributed by atoms with Crippen molar-refractivity contribution in [3.05, 3.63) is 58.9 Å². The van der Waals surface area contributed by atoms with E-state index in [0.717, 1.165) is 16.8 Å². The molecular formula is C17H17FN2. The van der Waals surface area contributed by atoms with Crippen molar-refractivity contribution in [3.8, 4) is 6.07 Å². The molecule has 2 rings (SSSR count). The molecule has 2 nitrogen and oxygen atoms in total. The van der Waals surface area contributed by atoms with Gasteiger partial charge in [0.05, 0.1) is 5.69 Å². The topological polar surface area (TPSA) is 35.8 Å². The van der Waals surface area contributed by atoms with Crippen LogP contribution in [0.5, 0.6) is 0 Å². The van der Waals surface area contributed by atoms with Crippen molar-refractivity contribution in [1.29, 1.82) is 5.26 Å². The lowest BCUT2D eigenvalue weighted by atomic mass is 9.98. The van der Waals surface area contributed by atoms with Gasteiger partial charge in [-0.1, -0.05) is 38.1 Å². The highest BCUT2D eigenvalue weighted by molar-refractivity contribution is 5.71. The Hall–Kier alpha value is -2.34. The summed E-state index contributed by atoms with van der Waals surface area (Å²) in [6.45, 7) is 6.22. The molecule has 102 valence electrons. The second-order valence-corrected chi connectivity index (χ2v) is 5.09. The molecule has 0 fully saturated rings. The van der Waals surface area contributed by atoms with Crippen LogP contribution >= 0.6 is 0 Å². The van der Waals surface area contributed by atoms with Gasteiger partial charge < -0.3 is 5.32 Å². The summed E-state index contributed by atoms with van der Waals surface area (Å²) < 4.78 is 13.7. The summed E-state index contributed by atoms with van der Waals surface area (Å²) in [6.07, 6.45) is 0. The summed E-state index contributed by atoms with van der Waals surface area (Å²) in [6, 6.07) is 12.6. The van der Waals surface area contributed by atoms with Crippen molar-refractivity contribution in [2.24, 2.45) is 0 Å². The van der Waals surface area contributed by atoms with Gasteiger partial charge in [-0.05, 0) is 36.1 Å². The van der Waals surface area contributed by atoms with E-state index in [2.05, 4.69) is 19.2 Å². The molecule has 20 heavy (non-hydrogen) atoms. The van der Waals surface area contributed by atoms with Crippen molar-refractivity contribution in [2.75, 3.05) is 5.32 Å². The maximum atomic E-state index is 13.7. The molecule has 0 aromatic heterocycles. The fourth-order valence-corrected chi connectivity index (χ4v) is 2.22. The molecule has 1 N–H and O–H groups in total. The molecular weight excluding hydrogens is 251 g/mol. The van der Waals surface area contributed by atoms with E-state index in [1.807, 2.05) is 31.2 Å². The fourth-order valence-electron chi connectivity index (χ4n) is 2.22. The van der Waals surface area contributed by atoms with E-state index in [1.165, 1.54) is 6.07 Å². The third-order valence-corrected chi connectivity index (χ3v) is 3.31. The zero-order valence-electron chi connectivity index (χ0n) is 11.9. The van der Waals surface area contributed by atoms with Gasteiger partial charge in [-0.25, -0.2) is 4.39 Å². The normalized spacial score (nSPS) is 10.4. The Morgan fingerprint density at radius 3 is 2.50 bits per heavy atom. The predicted molar refractivity (Wildman–Crippen MR) is 79.7 cm³/mol. The highest BCUT2D eigenvalue weighted by atomic mass is 19.1. The molecule has 0 radical (unpaired) electrons. The first-order chi connectivity index (χ1) is 9.54. The van der Waals surface area contributed by atoms with Crippen LogP contribution < -0.4 is 5.32 Å². The van der Waals surface area contributed by atoms with E-state index in [-0.39, 0.29) is 5.56 Å². The average molecular weight is 268 g/mol. The first-order valence-corrected chi connectivity index (χ1v) is 6.59. The van der Waals surface area contributed by atoms with Crippen LogP contribution in [-0.2, 0) is 0 Å². The van der Waals surface area contributed by atoms with E-state index in [0.29, 0.717) is 11.6 Å². The van der Waals surface area contributed by atoms with Gasteiger partial charge in [0, 0.05) is 5.69 Å². The lowest BCUT2D eigenvalue weighted by Gasteiger charge is -2.18. The molecule has 2 aromatic carbocycles.